The van der Waals surface area contributed by atoms with Gasteiger partial charge in [-0.15, -0.1) is 0 Å². The Balaban J connectivity index is 1.30. The van der Waals surface area contributed by atoms with Crippen LogP contribution in [0.4, 0.5) is 11.6 Å². The minimum atomic E-state index is -0.534. The smallest absolute Gasteiger partial charge is 0.219 e. The third-order valence-corrected chi connectivity index (χ3v) is 9.38. The largest absolute Gasteiger partial charge is 0.473 e. The second-order valence-electron chi connectivity index (χ2n) is 11.7. The average molecular weight is 529 g/mol. The highest BCUT2D eigenvalue weighted by Crippen LogP contribution is 2.47. The Labute approximate surface area is 229 Å². The average Bonchev–Trinajstić information content (AvgIpc) is 3.69. The number of hydrogen-bond acceptors (Lipinski definition) is 9. The molecule has 0 radical (unpaired) electrons. The van der Waals surface area contributed by atoms with Crippen LogP contribution >= 0.6 is 0 Å². The number of nitrogens with zero attached hydrogens (tertiary/aromatic N) is 6. The molecule has 7 rings (SSSR count). The van der Waals surface area contributed by atoms with E-state index in [1.54, 1.807) is 0 Å². The number of likely N-dealkylation sites (N-methyl/N-ethyl adjacent to an activating group) is 1. The lowest BCUT2D eigenvalue weighted by molar-refractivity contribution is -0.128. The van der Waals surface area contributed by atoms with Crippen molar-refractivity contribution in [3.63, 3.8) is 0 Å². The van der Waals surface area contributed by atoms with E-state index >= 15 is 0 Å². The molecule has 204 valence electrons. The number of ketones is 1. The first-order valence-electron chi connectivity index (χ1n) is 14.5. The number of ether oxygens (including phenoxy) is 1. The van der Waals surface area contributed by atoms with Gasteiger partial charge in [-0.3, -0.25) is 9.69 Å². The first kappa shape index (κ1) is 24.7. The van der Waals surface area contributed by atoms with Crippen molar-refractivity contribution in [3.8, 4) is 17.4 Å². The van der Waals surface area contributed by atoms with Crippen LogP contribution in [0.25, 0.3) is 11.5 Å². The Morgan fingerprint density at radius 1 is 1.10 bits per heavy atom. The van der Waals surface area contributed by atoms with Gasteiger partial charge in [-0.2, -0.15) is 4.98 Å². The molecule has 3 aromatic rings. The van der Waals surface area contributed by atoms with E-state index in [0.29, 0.717) is 35.6 Å². The summed E-state index contributed by atoms with van der Waals surface area (Å²) in [4.78, 5) is 32.3. The highest BCUT2D eigenvalue weighted by molar-refractivity contribution is 5.91. The molecule has 2 aliphatic carbocycles. The highest BCUT2D eigenvalue weighted by atomic mass is 16.5. The van der Waals surface area contributed by atoms with E-state index in [9.17, 15) is 4.79 Å². The summed E-state index contributed by atoms with van der Waals surface area (Å²) in [6.07, 6.45) is 11.0. The SMILES string of the molecule is C[C@H](Oc1cc(N2CCc3cccnc32)nc(-c2noc3c2CCC[C@@]32CCCCC2=O)n1)[C@@H]1CCCN1C. The van der Waals surface area contributed by atoms with Crippen molar-refractivity contribution in [2.45, 2.75) is 88.7 Å². The molecule has 1 saturated carbocycles. The second-order valence-corrected chi connectivity index (χ2v) is 11.7. The molecule has 9 nitrogen and oxygen atoms in total. The molecule has 3 atom stereocenters. The van der Waals surface area contributed by atoms with Crippen molar-refractivity contribution >= 4 is 17.4 Å². The molecule has 9 heteroatoms. The number of fused-ring (bicyclic) bond motifs is 3. The molecule has 0 amide bonds. The number of Topliss-reactive ketones (excluding diaryl/α,β-unsaturated/α-hetero) is 1. The number of rotatable bonds is 5. The summed E-state index contributed by atoms with van der Waals surface area (Å²) in [7, 11) is 2.16. The Hall–Kier alpha value is -3.33. The number of hydrogen-bond donors (Lipinski definition) is 0. The molecule has 4 aliphatic rings. The molecule has 39 heavy (non-hydrogen) atoms. The first-order chi connectivity index (χ1) is 19.0. The van der Waals surface area contributed by atoms with Crippen LogP contribution in [-0.2, 0) is 23.1 Å². The quantitative estimate of drug-likeness (QED) is 0.462. The van der Waals surface area contributed by atoms with Crippen molar-refractivity contribution in [2.75, 3.05) is 25.0 Å². The zero-order chi connectivity index (χ0) is 26.6. The monoisotopic (exact) mass is 528 g/mol. The Kier molecular flexibility index (Phi) is 6.14. The molecule has 0 bridgehead atoms. The van der Waals surface area contributed by atoms with Gasteiger partial charge in [0.05, 0.1) is 5.41 Å². The van der Waals surface area contributed by atoms with Gasteiger partial charge >= 0.3 is 0 Å². The van der Waals surface area contributed by atoms with E-state index in [-0.39, 0.29) is 6.10 Å². The fraction of sp³-hybridized carbons (Fsp3) is 0.567. The van der Waals surface area contributed by atoms with Gasteiger partial charge in [0.15, 0.2) is 17.3 Å². The summed E-state index contributed by atoms with van der Waals surface area (Å²) in [5.74, 6) is 3.73. The van der Waals surface area contributed by atoms with Crippen LogP contribution in [-0.4, -0.2) is 63.1 Å². The maximum Gasteiger partial charge on any atom is 0.219 e. The minimum absolute atomic E-state index is 0.0218. The van der Waals surface area contributed by atoms with E-state index in [1.807, 2.05) is 18.3 Å². The lowest BCUT2D eigenvalue weighted by Gasteiger charge is -2.36. The third-order valence-electron chi connectivity index (χ3n) is 9.38. The summed E-state index contributed by atoms with van der Waals surface area (Å²) >= 11 is 0. The Morgan fingerprint density at radius 2 is 2.00 bits per heavy atom. The number of aromatic nitrogens is 4. The zero-order valence-electron chi connectivity index (χ0n) is 22.9. The molecule has 1 spiro atoms. The summed E-state index contributed by atoms with van der Waals surface area (Å²) in [6.45, 7) is 4.00. The van der Waals surface area contributed by atoms with Crippen LogP contribution in [0.1, 0.15) is 75.2 Å². The normalized spacial score (nSPS) is 25.6. The second kappa shape index (κ2) is 9.70. The van der Waals surface area contributed by atoms with Crippen molar-refractivity contribution in [3.05, 3.63) is 41.3 Å². The van der Waals surface area contributed by atoms with Gasteiger partial charge in [0.1, 0.15) is 23.5 Å². The molecule has 0 N–H and O–H groups in total. The predicted molar refractivity (Wildman–Crippen MR) is 146 cm³/mol. The number of likely N-dealkylation sites (tertiary alicyclic amines) is 1. The molecule has 1 saturated heterocycles. The van der Waals surface area contributed by atoms with E-state index < -0.39 is 5.41 Å². The molecule has 2 aliphatic heterocycles. The lowest BCUT2D eigenvalue weighted by atomic mass is 9.64. The molecular formula is C30H36N6O3. The number of carbonyl (C=O) groups is 1. The van der Waals surface area contributed by atoms with Gasteiger partial charge in [-0.1, -0.05) is 17.6 Å². The number of carbonyl (C=O) groups excluding carboxylic acids is 1. The van der Waals surface area contributed by atoms with Crippen molar-refractivity contribution in [1.29, 1.82) is 0 Å². The zero-order valence-corrected chi connectivity index (χ0v) is 22.9. The minimum Gasteiger partial charge on any atom is -0.473 e. The van der Waals surface area contributed by atoms with E-state index in [2.05, 4.69) is 40.0 Å². The van der Waals surface area contributed by atoms with Gasteiger partial charge in [-0.05, 0) is 83.5 Å². The van der Waals surface area contributed by atoms with E-state index in [0.717, 1.165) is 87.4 Å². The van der Waals surface area contributed by atoms with E-state index in [1.165, 1.54) is 12.0 Å². The lowest BCUT2D eigenvalue weighted by Crippen LogP contribution is -2.41. The van der Waals surface area contributed by atoms with Gasteiger partial charge in [0.25, 0.3) is 0 Å². The molecule has 5 heterocycles. The Morgan fingerprint density at radius 3 is 2.85 bits per heavy atom. The molecular weight excluding hydrogens is 492 g/mol. The van der Waals surface area contributed by atoms with Crippen LogP contribution in [0, 0.1) is 0 Å². The highest BCUT2D eigenvalue weighted by Gasteiger charge is 2.48. The first-order valence-corrected chi connectivity index (χ1v) is 14.5. The van der Waals surface area contributed by atoms with E-state index in [4.69, 9.17) is 19.2 Å². The predicted octanol–water partition coefficient (Wildman–Crippen LogP) is 4.80. The summed E-state index contributed by atoms with van der Waals surface area (Å²) in [5, 5.41) is 4.52. The van der Waals surface area contributed by atoms with Gasteiger partial charge in [0, 0.05) is 36.8 Å². The van der Waals surface area contributed by atoms with Gasteiger partial charge < -0.3 is 14.2 Å². The summed E-state index contributed by atoms with van der Waals surface area (Å²) < 4.78 is 12.5. The molecule has 0 unspecified atom stereocenters. The summed E-state index contributed by atoms with van der Waals surface area (Å²) in [6, 6.07) is 6.37. The van der Waals surface area contributed by atoms with Crippen LogP contribution in [0.3, 0.4) is 0 Å². The standard InChI is InChI=1S/C30H36N6O3/c1-19(22-10-7-16-35(22)2)38-25-18-24(36-17-12-20-8-6-15-31-29(20)36)32-28(33-25)26-21-9-5-14-30(27(21)39-34-26)13-4-3-11-23(30)37/h6,8,15,18-19,22H,3-5,7,9-14,16-17H2,1-2H3/t19-,22-,30+/m0/s1. The Bertz CT molecular complexity index is 1410. The topological polar surface area (TPSA) is 97.5 Å². The number of pyridine rings is 1. The molecule has 2 fully saturated rings. The van der Waals surface area contributed by atoms with Crippen LogP contribution in [0.5, 0.6) is 5.88 Å². The van der Waals surface area contributed by atoms with Crippen molar-refractivity contribution in [2.24, 2.45) is 0 Å². The van der Waals surface area contributed by atoms with Gasteiger partial charge in [0.2, 0.25) is 5.88 Å². The van der Waals surface area contributed by atoms with Gasteiger partial charge in [-0.25, -0.2) is 9.97 Å². The number of anilines is 2. The maximum absolute atomic E-state index is 13.2. The fourth-order valence-corrected chi connectivity index (χ4v) is 7.31. The molecule has 0 aromatic carbocycles. The maximum atomic E-state index is 13.2. The molecule has 3 aromatic heterocycles. The van der Waals surface area contributed by atoms with Crippen LogP contribution in [0.15, 0.2) is 28.9 Å². The van der Waals surface area contributed by atoms with Crippen LogP contribution < -0.4 is 9.64 Å². The fourth-order valence-electron chi connectivity index (χ4n) is 7.31. The third kappa shape index (κ3) is 4.13. The van der Waals surface area contributed by atoms with Crippen LogP contribution in [0.2, 0.25) is 0 Å². The summed E-state index contributed by atoms with van der Waals surface area (Å²) in [5.41, 5.74) is 2.30. The van der Waals surface area contributed by atoms with Crippen molar-refractivity contribution in [1.82, 2.24) is 25.0 Å². The van der Waals surface area contributed by atoms with Crippen molar-refractivity contribution < 1.29 is 14.1 Å².